The quantitative estimate of drug-likeness (QED) is 0.831. The van der Waals surface area contributed by atoms with E-state index in [1.165, 1.54) is 0 Å². The molecule has 0 spiro atoms. The van der Waals surface area contributed by atoms with Gasteiger partial charge in [0.2, 0.25) is 0 Å². The van der Waals surface area contributed by atoms with Crippen LogP contribution >= 0.6 is 27.5 Å². The zero-order valence-corrected chi connectivity index (χ0v) is 11.1. The maximum absolute atomic E-state index is 12.7. The number of aromatic nitrogens is 2. The molecule has 18 heavy (non-hydrogen) atoms. The van der Waals surface area contributed by atoms with Crippen LogP contribution in [0.15, 0.2) is 28.7 Å². The molecule has 1 aromatic heterocycles. The number of hydrogen-bond acceptors (Lipinski definition) is 2. The van der Waals surface area contributed by atoms with E-state index in [1.807, 2.05) is 0 Å². The van der Waals surface area contributed by atoms with Gasteiger partial charge in [-0.15, -0.1) is 0 Å². The fraction of sp³-hybridized carbons (Fsp3) is 0.0909. The van der Waals surface area contributed by atoms with Crippen LogP contribution in [0.1, 0.15) is 17.7 Å². The average molecular weight is 333 g/mol. The highest BCUT2D eigenvalue weighted by molar-refractivity contribution is 9.10. The van der Waals surface area contributed by atoms with E-state index in [0.717, 1.165) is 9.15 Å². The van der Waals surface area contributed by atoms with Gasteiger partial charge in [-0.3, -0.25) is 0 Å². The monoisotopic (exact) mass is 331 g/mol. The van der Waals surface area contributed by atoms with Crippen molar-refractivity contribution in [1.82, 2.24) is 9.78 Å². The van der Waals surface area contributed by atoms with Gasteiger partial charge in [-0.2, -0.15) is 10.4 Å². The Morgan fingerprint density at radius 2 is 1.94 bits per heavy atom. The maximum Gasteiger partial charge on any atom is 0.283 e. The van der Waals surface area contributed by atoms with Gasteiger partial charge in [-0.25, -0.2) is 13.5 Å². The summed E-state index contributed by atoms with van der Waals surface area (Å²) in [5.41, 5.74) is -0.397. The number of benzene rings is 1. The topological polar surface area (TPSA) is 41.6 Å². The van der Waals surface area contributed by atoms with Crippen LogP contribution in [0.2, 0.25) is 5.15 Å². The maximum atomic E-state index is 12.7. The molecule has 0 bridgehead atoms. The Hall–Kier alpha value is -1.45. The summed E-state index contributed by atoms with van der Waals surface area (Å²) in [5, 5.41) is 12.4. The molecule has 0 N–H and O–H groups in total. The molecule has 0 aliphatic heterocycles. The van der Waals surface area contributed by atoms with Crippen molar-refractivity contribution in [1.29, 1.82) is 5.26 Å². The minimum atomic E-state index is -2.84. The Bertz CT molecular complexity index is 616. The lowest BCUT2D eigenvalue weighted by molar-refractivity contribution is 0.145. The van der Waals surface area contributed by atoms with Crippen molar-refractivity contribution in [3.8, 4) is 11.8 Å². The average Bonchev–Trinajstić information content (AvgIpc) is 2.67. The fourth-order valence-electron chi connectivity index (χ4n) is 1.42. The summed E-state index contributed by atoms with van der Waals surface area (Å²) in [6.07, 6.45) is -2.84. The molecular formula is C11H5BrClF2N3. The standard InChI is InChI=1S/C11H5BrClF2N3/c12-6-1-3-7(4-2-6)18-10(13)8(5-16)9(17-18)11(14)15/h1-4,11H. The zero-order chi connectivity index (χ0) is 13.3. The normalized spacial score (nSPS) is 10.7. The van der Waals surface area contributed by atoms with Gasteiger partial charge in [-0.1, -0.05) is 27.5 Å². The van der Waals surface area contributed by atoms with Crippen molar-refractivity contribution in [2.45, 2.75) is 6.43 Å². The number of rotatable bonds is 2. The van der Waals surface area contributed by atoms with Crippen LogP contribution in [0.3, 0.4) is 0 Å². The first kappa shape index (κ1) is 13.0. The van der Waals surface area contributed by atoms with Crippen LogP contribution in [0, 0.1) is 11.3 Å². The molecule has 92 valence electrons. The number of nitrogens with zero attached hydrogens (tertiary/aromatic N) is 3. The molecule has 7 heteroatoms. The van der Waals surface area contributed by atoms with Crippen LogP contribution < -0.4 is 0 Å². The SMILES string of the molecule is N#Cc1c(C(F)F)nn(-c2ccc(Br)cc2)c1Cl. The van der Waals surface area contributed by atoms with Crippen molar-refractivity contribution >= 4 is 27.5 Å². The highest BCUT2D eigenvalue weighted by atomic mass is 79.9. The van der Waals surface area contributed by atoms with E-state index in [4.69, 9.17) is 16.9 Å². The van der Waals surface area contributed by atoms with Gasteiger partial charge in [-0.05, 0) is 24.3 Å². The zero-order valence-electron chi connectivity index (χ0n) is 8.74. The second-order valence-corrected chi connectivity index (χ2v) is 4.63. The van der Waals surface area contributed by atoms with Crippen LogP contribution in [-0.2, 0) is 0 Å². The Balaban J connectivity index is 2.59. The molecule has 2 rings (SSSR count). The van der Waals surface area contributed by atoms with Gasteiger partial charge in [0.25, 0.3) is 6.43 Å². The van der Waals surface area contributed by atoms with Crippen LogP contribution in [0.4, 0.5) is 8.78 Å². The molecule has 0 unspecified atom stereocenters. The summed E-state index contributed by atoms with van der Waals surface area (Å²) in [6.45, 7) is 0. The lowest BCUT2D eigenvalue weighted by Gasteiger charge is -2.02. The highest BCUT2D eigenvalue weighted by Gasteiger charge is 2.23. The molecular weight excluding hydrogens is 327 g/mol. The highest BCUT2D eigenvalue weighted by Crippen LogP contribution is 2.29. The summed E-state index contributed by atoms with van der Waals surface area (Å²) in [5.74, 6) is 0. The summed E-state index contributed by atoms with van der Waals surface area (Å²) in [4.78, 5) is 0. The fourth-order valence-corrected chi connectivity index (χ4v) is 1.96. The van der Waals surface area contributed by atoms with E-state index in [1.54, 1.807) is 30.3 Å². The van der Waals surface area contributed by atoms with Crippen molar-refractivity contribution in [3.63, 3.8) is 0 Å². The second-order valence-electron chi connectivity index (χ2n) is 3.35. The minimum Gasteiger partial charge on any atom is -0.220 e. The van der Waals surface area contributed by atoms with E-state index < -0.39 is 12.1 Å². The van der Waals surface area contributed by atoms with Crippen molar-refractivity contribution < 1.29 is 8.78 Å². The van der Waals surface area contributed by atoms with Gasteiger partial charge in [0.1, 0.15) is 17.3 Å². The van der Waals surface area contributed by atoms with Gasteiger partial charge >= 0.3 is 0 Å². The van der Waals surface area contributed by atoms with Crippen LogP contribution in [0.5, 0.6) is 0 Å². The third-order valence-electron chi connectivity index (χ3n) is 2.25. The molecule has 0 fully saturated rings. The van der Waals surface area contributed by atoms with E-state index >= 15 is 0 Å². The second kappa shape index (κ2) is 5.04. The smallest absolute Gasteiger partial charge is 0.220 e. The largest absolute Gasteiger partial charge is 0.283 e. The molecule has 0 aliphatic rings. The first-order valence-electron chi connectivity index (χ1n) is 4.77. The molecule has 3 nitrogen and oxygen atoms in total. The molecule has 0 saturated heterocycles. The number of alkyl halides is 2. The van der Waals surface area contributed by atoms with E-state index in [-0.39, 0.29) is 10.7 Å². The summed E-state index contributed by atoms with van der Waals surface area (Å²) in [7, 11) is 0. The third kappa shape index (κ3) is 2.24. The Morgan fingerprint density at radius 3 is 2.39 bits per heavy atom. The summed E-state index contributed by atoms with van der Waals surface area (Å²) >= 11 is 9.14. The molecule has 0 atom stereocenters. The first-order chi connectivity index (χ1) is 8.54. The molecule has 1 aromatic carbocycles. The molecule has 0 aliphatic carbocycles. The number of halogens is 4. The van der Waals surface area contributed by atoms with Crippen LogP contribution in [-0.4, -0.2) is 9.78 Å². The predicted octanol–water partition coefficient (Wildman–Crippen LogP) is 4.10. The predicted molar refractivity (Wildman–Crippen MR) is 65.9 cm³/mol. The van der Waals surface area contributed by atoms with Crippen LogP contribution in [0.25, 0.3) is 5.69 Å². The Labute approximate surface area is 115 Å². The first-order valence-corrected chi connectivity index (χ1v) is 5.94. The Morgan fingerprint density at radius 1 is 1.33 bits per heavy atom. The summed E-state index contributed by atoms with van der Waals surface area (Å²) < 4.78 is 27.3. The number of hydrogen-bond donors (Lipinski definition) is 0. The number of nitriles is 1. The molecule has 0 saturated carbocycles. The van der Waals surface area contributed by atoms with Crippen molar-refractivity contribution in [2.75, 3.05) is 0 Å². The minimum absolute atomic E-state index is 0.116. The molecule has 2 aromatic rings. The molecule has 1 heterocycles. The van der Waals surface area contributed by atoms with Gasteiger partial charge in [0.05, 0.1) is 5.69 Å². The third-order valence-corrected chi connectivity index (χ3v) is 3.12. The lowest BCUT2D eigenvalue weighted by atomic mass is 10.3. The van der Waals surface area contributed by atoms with Gasteiger partial charge < -0.3 is 0 Å². The Kier molecular flexibility index (Phi) is 3.64. The van der Waals surface area contributed by atoms with E-state index in [0.29, 0.717) is 5.69 Å². The molecule has 0 radical (unpaired) electrons. The van der Waals surface area contributed by atoms with Gasteiger partial charge in [0.15, 0.2) is 5.15 Å². The lowest BCUT2D eigenvalue weighted by Crippen LogP contribution is -1.97. The van der Waals surface area contributed by atoms with E-state index in [9.17, 15) is 8.78 Å². The van der Waals surface area contributed by atoms with E-state index in [2.05, 4.69) is 21.0 Å². The summed E-state index contributed by atoms with van der Waals surface area (Å²) in [6, 6.07) is 8.39. The van der Waals surface area contributed by atoms with Gasteiger partial charge in [0, 0.05) is 4.47 Å². The molecule has 0 amide bonds. The van der Waals surface area contributed by atoms with Crippen molar-refractivity contribution in [2.24, 2.45) is 0 Å². The van der Waals surface area contributed by atoms with Crippen molar-refractivity contribution in [3.05, 3.63) is 45.1 Å².